The van der Waals surface area contributed by atoms with Crippen LogP contribution >= 0.6 is 0 Å². The summed E-state index contributed by atoms with van der Waals surface area (Å²) in [7, 11) is 0. The zero-order valence-electron chi connectivity index (χ0n) is 12.8. The number of hydrogen-bond donors (Lipinski definition) is 2. The van der Waals surface area contributed by atoms with E-state index in [2.05, 4.69) is 10.3 Å². The van der Waals surface area contributed by atoms with Crippen molar-refractivity contribution in [3.05, 3.63) is 22.1 Å². The molecule has 8 nitrogen and oxygen atoms in total. The lowest BCUT2D eigenvalue weighted by Crippen LogP contribution is -2.49. The number of imidazole rings is 1. The van der Waals surface area contributed by atoms with Crippen LogP contribution in [0.15, 0.2) is 6.20 Å². The second-order valence-electron chi connectivity index (χ2n) is 5.19. The highest BCUT2D eigenvalue weighted by atomic mass is 16.6. The Hall–Kier alpha value is -1.96. The van der Waals surface area contributed by atoms with Gasteiger partial charge in [-0.25, -0.2) is 0 Å². The number of aromatic nitrogens is 2. The molecule has 0 bridgehead atoms. The number of carbonyl (C=O) groups excluding carboxylic acids is 1. The van der Waals surface area contributed by atoms with Crippen LogP contribution in [0, 0.1) is 17.0 Å². The van der Waals surface area contributed by atoms with Crippen molar-refractivity contribution in [1.82, 2.24) is 14.9 Å². The van der Waals surface area contributed by atoms with Crippen molar-refractivity contribution >= 4 is 11.7 Å². The van der Waals surface area contributed by atoms with E-state index in [0.717, 1.165) is 12.8 Å². The molecule has 0 unspecified atom stereocenters. The van der Waals surface area contributed by atoms with Crippen molar-refractivity contribution in [2.75, 3.05) is 6.54 Å². The maximum Gasteiger partial charge on any atom is 0.381 e. The summed E-state index contributed by atoms with van der Waals surface area (Å²) in [5, 5.41) is 13.4. The normalized spacial score (nSPS) is 11.4. The monoisotopic (exact) mass is 297 g/mol. The predicted octanol–water partition coefficient (Wildman–Crippen LogP) is 1.12. The molecular weight excluding hydrogens is 274 g/mol. The van der Waals surface area contributed by atoms with E-state index in [9.17, 15) is 14.9 Å². The van der Waals surface area contributed by atoms with Crippen LogP contribution in [0.1, 0.15) is 38.9 Å². The summed E-state index contributed by atoms with van der Waals surface area (Å²) in [4.78, 5) is 25.7. The molecule has 3 N–H and O–H groups in total. The molecule has 8 heteroatoms. The SMILES string of the molecule is CCC(N)(CC)CNC(=O)CCn1cc([N+](=O)[O-])nc1C. The standard InChI is InChI=1S/C13H23N5O3/c1-4-13(14,5-2)9-15-12(19)6-7-17-8-11(18(20)21)16-10(17)3/h8H,4-7,9,14H2,1-3H3,(H,15,19). The molecule has 0 saturated carbocycles. The number of hydrogen-bond acceptors (Lipinski definition) is 5. The minimum absolute atomic E-state index is 0.123. The molecule has 0 spiro atoms. The Morgan fingerprint density at radius 3 is 2.62 bits per heavy atom. The fraction of sp³-hybridized carbons (Fsp3) is 0.692. The molecule has 0 aliphatic rings. The van der Waals surface area contributed by atoms with E-state index < -0.39 is 4.92 Å². The molecule has 0 aromatic carbocycles. The van der Waals surface area contributed by atoms with Crippen LogP contribution in [-0.4, -0.2) is 32.5 Å². The largest absolute Gasteiger partial charge is 0.381 e. The Kier molecular flexibility index (Phi) is 5.83. The topological polar surface area (TPSA) is 116 Å². The third-order valence-electron chi connectivity index (χ3n) is 3.78. The van der Waals surface area contributed by atoms with Crippen molar-refractivity contribution in [2.24, 2.45) is 5.73 Å². The minimum Gasteiger partial charge on any atom is -0.358 e. The molecule has 1 aromatic heterocycles. The molecule has 118 valence electrons. The Bertz CT molecular complexity index is 508. The van der Waals surface area contributed by atoms with Gasteiger partial charge in [-0.3, -0.25) is 4.79 Å². The molecule has 0 radical (unpaired) electrons. The van der Waals surface area contributed by atoms with Crippen molar-refractivity contribution in [3.8, 4) is 0 Å². The number of rotatable bonds is 8. The third-order valence-corrected chi connectivity index (χ3v) is 3.78. The first-order valence-corrected chi connectivity index (χ1v) is 7.05. The quantitative estimate of drug-likeness (QED) is 0.551. The fourth-order valence-corrected chi connectivity index (χ4v) is 1.89. The van der Waals surface area contributed by atoms with E-state index in [1.165, 1.54) is 6.20 Å². The summed E-state index contributed by atoms with van der Waals surface area (Å²) >= 11 is 0. The summed E-state index contributed by atoms with van der Waals surface area (Å²) in [5.41, 5.74) is 5.73. The lowest BCUT2D eigenvalue weighted by molar-refractivity contribution is -0.389. The molecule has 21 heavy (non-hydrogen) atoms. The average Bonchev–Trinajstić information content (AvgIpc) is 2.84. The van der Waals surface area contributed by atoms with E-state index in [-0.39, 0.29) is 23.7 Å². The smallest absolute Gasteiger partial charge is 0.358 e. The third kappa shape index (κ3) is 4.82. The number of carbonyl (C=O) groups is 1. The van der Waals surface area contributed by atoms with Crippen LogP contribution in [0.5, 0.6) is 0 Å². The molecular formula is C13H23N5O3. The Labute approximate surface area is 123 Å². The number of aryl methyl sites for hydroxylation is 2. The molecule has 1 heterocycles. The highest BCUT2D eigenvalue weighted by Crippen LogP contribution is 2.11. The number of nitrogens with one attached hydrogen (secondary N) is 1. The van der Waals surface area contributed by atoms with Crippen LogP contribution in [0.2, 0.25) is 0 Å². The first kappa shape index (κ1) is 17.1. The molecule has 1 aromatic rings. The molecule has 1 rings (SSSR count). The molecule has 0 aliphatic heterocycles. The number of nitro groups is 1. The fourth-order valence-electron chi connectivity index (χ4n) is 1.89. The van der Waals surface area contributed by atoms with Gasteiger partial charge < -0.3 is 25.7 Å². The van der Waals surface area contributed by atoms with Crippen LogP contribution in [0.4, 0.5) is 5.82 Å². The number of nitrogens with two attached hydrogens (primary N) is 1. The van der Waals surface area contributed by atoms with Gasteiger partial charge in [0.15, 0.2) is 0 Å². The molecule has 0 aliphatic carbocycles. The van der Waals surface area contributed by atoms with Crippen molar-refractivity contribution in [2.45, 2.75) is 52.1 Å². The van der Waals surface area contributed by atoms with E-state index >= 15 is 0 Å². The molecule has 0 saturated heterocycles. The van der Waals surface area contributed by atoms with Crippen LogP contribution < -0.4 is 11.1 Å². The minimum atomic E-state index is -0.547. The zero-order chi connectivity index (χ0) is 16.0. The van der Waals surface area contributed by atoms with Gasteiger partial charge in [-0.15, -0.1) is 0 Å². The first-order chi connectivity index (χ1) is 9.81. The van der Waals surface area contributed by atoms with Gasteiger partial charge in [0, 0.05) is 32.0 Å². The van der Waals surface area contributed by atoms with Crippen molar-refractivity contribution in [3.63, 3.8) is 0 Å². The first-order valence-electron chi connectivity index (χ1n) is 7.05. The van der Waals surface area contributed by atoms with Crippen LogP contribution in [0.3, 0.4) is 0 Å². The van der Waals surface area contributed by atoms with Gasteiger partial charge in [0.1, 0.15) is 6.20 Å². The predicted molar refractivity (Wildman–Crippen MR) is 78.7 cm³/mol. The summed E-state index contributed by atoms with van der Waals surface area (Å²) in [6, 6.07) is 0. The Morgan fingerprint density at radius 1 is 1.52 bits per heavy atom. The summed E-state index contributed by atoms with van der Waals surface area (Å²) < 4.78 is 1.60. The maximum absolute atomic E-state index is 11.8. The van der Waals surface area contributed by atoms with Crippen LogP contribution in [-0.2, 0) is 11.3 Å². The van der Waals surface area contributed by atoms with Gasteiger partial charge >= 0.3 is 5.82 Å². The molecule has 1 amide bonds. The molecule has 0 atom stereocenters. The van der Waals surface area contributed by atoms with E-state index in [1.54, 1.807) is 11.5 Å². The van der Waals surface area contributed by atoms with Gasteiger partial charge in [-0.2, -0.15) is 0 Å². The van der Waals surface area contributed by atoms with Crippen molar-refractivity contribution < 1.29 is 9.72 Å². The van der Waals surface area contributed by atoms with E-state index in [0.29, 0.717) is 18.9 Å². The maximum atomic E-state index is 11.8. The van der Waals surface area contributed by atoms with Gasteiger partial charge in [0.25, 0.3) is 0 Å². The molecule has 0 fully saturated rings. The van der Waals surface area contributed by atoms with Crippen molar-refractivity contribution in [1.29, 1.82) is 0 Å². The Balaban J connectivity index is 2.48. The second-order valence-corrected chi connectivity index (χ2v) is 5.19. The van der Waals surface area contributed by atoms with Gasteiger partial charge in [-0.1, -0.05) is 13.8 Å². The average molecular weight is 297 g/mol. The number of nitrogens with zero attached hydrogens (tertiary/aromatic N) is 3. The lowest BCUT2D eigenvalue weighted by atomic mass is 9.94. The second kappa shape index (κ2) is 7.16. The Morgan fingerprint density at radius 2 is 2.14 bits per heavy atom. The van der Waals surface area contributed by atoms with E-state index in [4.69, 9.17) is 5.73 Å². The number of amides is 1. The van der Waals surface area contributed by atoms with E-state index in [1.807, 2.05) is 13.8 Å². The highest BCUT2D eigenvalue weighted by molar-refractivity contribution is 5.75. The lowest BCUT2D eigenvalue weighted by Gasteiger charge is -2.26. The summed E-state index contributed by atoms with van der Waals surface area (Å²) in [6.45, 7) is 6.44. The van der Waals surface area contributed by atoms with Crippen LogP contribution in [0.25, 0.3) is 0 Å². The summed E-state index contributed by atoms with van der Waals surface area (Å²) in [6.07, 6.45) is 3.15. The van der Waals surface area contributed by atoms with Gasteiger partial charge in [-0.05, 0) is 22.7 Å². The van der Waals surface area contributed by atoms with Gasteiger partial charge in [0.2, 0.25) is 11.7 Å². The summed E-state index contributed by atoms with van der Waals surface area (Å²) in [5.74, 6) is 0.193. The highest BCUT2D eigenvalue weighted by Gasteiger charge is 2.21. The van der Waals surface area contributed by atoms with Gasteiger partial charge in [0.05, 0.1) is 0 Å². The zero-order valence-corrected chi connectivity index (χ0v) is 12.8.